The third-order valence-corrected chi connectivity index (χ3v) is 5.35. The zero-order chi connectivity index (χ0) is 15.6. The highest BCUT2D eigenvalue weighted by Gasteiger charge is 2.30. The number of aromatic carboxylic acids is 1. The number of aliphatic hydroxyl groups is 1. The number of aryl methyl sites for hydroxylation is 1. The minimum atomic E-state index is -3.98. The van der Waals surface area contributed by atoms with Gasteiger partial charge in [-0.2, -0.15) is 5.10 Å². The van der Waals surface area contributed by atoms with Crippen molar-refractivity contribution in [3.63, 3.8) is 0 Å². The Morgan fingerprint density at radius 3 is 2.71 bits per heavy atom. The van der Waals surface area contributed by atoms with Crippen LogP contribution < -0.4 is 4.72 Å². The van der Waals surface area contributed by atoms with Crippen LogP contribution in [0.2, 0.25) is 0 Å². The third-order valence-electron chi connectivity index (χ3n) is 3.77. The van der Waals surface area contributed by atoms with Gasteiger partial charge in [0.25, 0.3) is 0 Å². The number of carboxylic acid groups (broad SMARTS) is 1. The van der Waals surface area contributed by atoms with Gasteiger partial charge >= 0.3 is 5.97 Å². The van der Waals surface area contributed by atoms with Gasteiger partial charge in [0.1, 0.15) is 4.90 Å². The first-order valence-corrected chi connectivity index (χ1v) is 8.27. The summed E-state index contributed by atoms with van der Waals surface area (Å²) in [5.41, 5.74) is -0.353. The molecule has 0 saturated heterocycles. The molecule has 4 N–H and O–H groups in total. The van der Waals surface area contributed by atoms with Crippen LogP contribution in [0.5, 0.6) is 0 Å². The number of sulfonamides is 1. The summed E-state index contributed by atoms with van der Waals surface area (Å²) in [5, 5.41) is 24.7. The number of nitrogens with one attached hydrogen (secondary N) is 2. The molecule has 2 unspecified atom stereocenters. The Hall–Kier alpha value is -1.45. The topological polar surface area (TPSA) is 132 Å². The van der Waals surface area contributed by atoms with Crippen LogP contribution in [0.3, 0.4) is 0 Å². The van der Waals surface area contributed by atoms with Crippen molar-refractivity contribution in [1.29, 1.82) is 0 Å². The van der Waals surface area contributed by atoms with Gasteiger partial charge in [0, 0.05) is 6.54 Å². The Bertz CT molecular complexity index is 625. The van der Waals surface area contributed by atoms with Gasteiger partial charge < -0.3 is 10.2 Å². The summed E-state index contributed by atoms with van der Waals surface area (Å²) < 4.78 is 26.9. The first-order chi connectivity index (χ1) is 9.83. The van der Waals surface area contributed by atoms with Gasteiger partial charge in [0.15, 0.2) is 5.69 Å². The minimum Gasteiger partial charge on any atom is -0.476 e. The van der Waals surface area contributed by atoms with Gasteiger partial charge in [-0.1, -0.05) is 12.8 Å². The Kier molecular flexibility index (Phi) is 4.64. The van der Waals surface area contributed by atoms with Crippen molar-refractivity contribution in [2.24, 2.45) is 5.92 Å². The Morgan fingerprint density at radius 2 is 2.10 bits per heavy atom. The lowest BCUT2D eigenvalue weighted by Crippen LogP contribution is -2.37. The monoisotopic (exact) mass is 317 g/mol. The summed E-state index contributed by atoms with van der Waals surface area (Å²) in [5.74, 6) is -1.55. The molecule has 1 aliphatic rings. The molecule has 21 heavy (non-hydrogen) atoms. The molecule has 8 nitrogen and oxygen atoms in total. The fourth-order valence-corrected chi connectivity index (χ4v) is 4.02. The van der Waals surface area contributed by atoms with Crippen LogP contribution in [0.1, 0.15) is 41.9 Å². The van der Waals surface area contributed by atoms with Crippen molar-refractivity contribution in [2.45, 2.75) is 43.6 Å². The van der Waals surface area contributed by atoms with E-state index in [4.69, 9.17) is 5.11 Å². The highest BCUT2D eigenvalue weighted by molar-refractivity contribution is 7.89. The second-order valence-corrected chi connectivity index (χ2v) is 7.00. The first-order valence-electron chi connectivity index (χ1n) is 6.79. The predicted octanol–water partition coefficient (Wildman–Crippen LogP) is 0.246. The van der Waals surface area contributed by atoms with E-state index in [1.165, 1.54) is 6.92 Å². The molecular weight excluding hydrogens is 298 g/mol. The smallest absolute Gasteiger partial charge is 0.357 e. The molecule has 0 spiro atoms. The van der Waals surface area contributed by atoms with Gasteiger partial charge in [-0.3, -0.25) is 5.10 Å². The molecule has 9 heteroatoms. The lowest BCUT2D eigenvalue weighted by atomic mass is 9.87. The number of hydrogen-bond acceptors (Lipinski definition) is 5. The van der Waals surface area contributed by atoms with Gasteiger partial charge in [0.2, 0.25) is 10.0 Å². The molecule has 1 saturated carbocycles. The molecule has 1 aromatic heterocycles. The highest BCUT2D eigenvalue weighted by atomic mass is 32.2. The maximum Gasteiger partial charge on any atom is 0.357 e. The van der Waals surface area contributed by atoms with Crippen molar-refractivity contribution in [3.8, 4) is 0 Å². The molecule has 1 aliphatic carbocycles. The Morgan fingerprint density at radius 1 is 1.43 bits per heavy atom. The van der Waals surface area contributed by atoms with E-state index in [2.05, 4.69) is 14.9 Å². The Labute approximate surface area is 122 Å². The van der Waals surface area contributed by atoms with Crippen LogP contribution >= 0.6 is 0 Å². The lowest BCUT2D eigenvalue weighted by molar-refractivity contribution is 0.0684. The summed E-state index contributed by atoms with van der Waals surface area (Å²) in [6, 6.07) is 0. The zero-order valence-corrected chi connectivity index (χ0v) is 12.5. The van der Waals surface area contributed by atoms with Gasteiger partial charge in [-0.05, 0) is 25.7 Å². The van der Waals surface area contributed by atoms with Gasteiger partial charge in [-0.15, -0.1) is 0 Å². The number of aliphatic hydroxyl groups excluding tert-OH is 1. The molecule has 0 aromatic carbocycles. The molecule has 1 heterocycles. The van der Waals surface area contributed by atoms with Crippen LogP contribution in [-0.4, -0.2) is 47.4 Å². The standard InChI is InChI=1S/C12H19N3O5S/c1-7-11(10(12(17)18)15-14-7)21(19,20)13-6-8-4-2-3-5-9(8)16/h8-9,13,16H,2-6H2,1H3,(H,14,15)(H,17,18). The van der Waals surface area contributed by atoms with E-state index in [9.17, 15) is 18.3 Å². The van der Waals surface area contributed by atoms with E-state index in [0.29, 0.717) is 6.42 Å². The molecule has 0 amide bonds. The normalized spacial score (nSPS) is 23.1. The summed E-state index contributed by atoms with van der Waals surface area (Å²) in [6.07, 6.45) is 2.78. The molecule has 0 aliphatic heterocycles. The fourth-order valence-electron chi connectivity index (χ4n) is 2.61. The van der Waals surface area contributed by atoms with E-state index in [-0.39, 0.29) is 23.1 Å². The van der Waals surface area contributed by atoms with Crippen molar-refractivity contribution in [1.82, 2.24) is 14.9 Å². The van der Waals surface area contributed by atoms with Crippen molar-refractivity contribution in [3.05, 3.63) is 11.4 Å². The van der Waals surface area contributed by atoms with E-state index >= 15 is 0 Å². The lowest BCUT2D eigenvalue weighted by Gasteiger charge is -2.27. The molecule has 1 fully saturated rings. The molecule has 2 rings (SSSR count). The second-order valence-electron chi connectivity index (χ2n) is 5.30. The van der Waals surface area contributed by atoms with E-state index in [1.54, 1.807) is 0 Å². The number of aromatic nitrogens is 2. The van der Waals surface area contributed by atoms with E-state index < -0.39 is 27.8 Å². The SMILES string of the molecule is Cc1[nH]nc(C(=O)O)c1S(=O)(=O)NCC1CCCCC1O. The number of nitrogens with zero attached hydrogens (tertiary/aromatic N) is 1. The van der Waals surface area contributed by atoms with Crippen LogP contribution in [0.15, 0.2) is 4.90 Å². The predicted molar refractivity (Wildman–Crippen MR) is 73.4 cm³/mol. The van der Waals surface area contributed by atoms with Gasteiger partial charge in [-0.25, -0.2) is 17.9 Å². The third kappa shape index (κ3) is 3.42. The van der Waals surface area contributed by atoms with Crippen molar-refractivity contribution >= 4 is 16.0 Å². The Balaban J connectivity index is 2.15. The number of H-pyrrole nitrogens is 1. The summed E-state index contributed by atoms with van der Waals surface area (Å²) in [7, 11) is -3.98. The number of carboxylic acids is 1. The summed E-state index contributed by atoms with van der Waals surface area (Å²) in [6.45, 7) is 1.54. The average molecular weight is 317 g/mol. The molecule has 0 bridgehead atoms. The molecule has 0 radical (unpaired) electrons. The van der Waals surface area contributed by atoms with Crippen molar-refractivity contribution < 1.29 is 23.4 Å². The highest BCUT2D eigenvalue weighted by Crippen LogP contribution is 2.24. The van der Waals surface area contributed by atoms with E-state index in [0.717, 1.165) is 19.3 Å². The van der Waals surface area contributed by atoms with Crippen LogP contribution in [0.4, 0.5) is 0 Å². The van der Waals surface area contributed by atoms with Crippen LogP contribution in [0, 0.1) is 12.8 Å². The molecule has 2 atom stereocenters. The number of carbonyl (C=O) groups is 1. The van der Waals surface area contributed by atoms with Crippen LogP contribution in [-0.2, 0) is 10.0 Å². The summed E-state index contributed by atoms with van der Waals surface area (Å²) in [4.78, 5) is 10.7. The number of rotatable bonds is 5. The molecule has 1 aromatic rings. The molecular formula is C12H19N3O5S. The zero-order valence-electron chi connectivity index (χ0n) is 11.7. The fraction of sp³-hybridized carbons (Fsp3) is 0.667. The summed E-state index contributed by atoms with van der Waals surface area (Å²) >= 11 is 0. The van der Waals surface area contributed by atoms with Crippen molar-refractivity contribution in [2.75, 3.05) is 6.54 Å². The number of hydrogen-bond donors (Lipinski definition) is 4. The van der Waals surface area contributed by atoms with E-state index in [1.807, 2.05) is 0 Å². The maximum atomic E-state index is 12.3. The minimum absolute atomic E-state index is 0.0905. The quantitative estimate of drug-likeness (QED) is 0.615. The first kappa shape index (κ1) is 15.9. The van der Waals surface area contributed by atoms with Crippen LogP contribution in [0.25, 0.3) is 0 Å². The average Bonchev–Trinajstić information content (AvgIpc) is 2.81. The maximum absolute atomic E-state index is 12.3. The largest absolute Gasteiger partial charge is 0.476 e. The molecule has 118 valence electrons. The number of aromatic amines is 1. The second kappa shape index (κ2) is 6.12. The van der Waals surface area contributed by atoms with Gasteiger partial charge in [0.05, 0.1) is 11.8 Å².